The fourth-order valence-electron chi connectivity index (χ4n) is 1.40. The van der Waals surface area contributed by atoms with Gasteiger partial charge in [-0.1, -0.05) is 52.9 Å². The third-order valence-electron chi connectivity index (χ3n) is 2.01. The van der Waals surface area contributed by atoms with Gasteiger partial charge in [0.2, 0.25) is 0 Å². The third kappa shape index (κ3) is 4.39. The summed E-state index contributed by atoms with van der Waals surface area (Å²) in [5.41, 5.74) is 1.26. The molecule has 14 heavy (non-hydrogen) atoms. The molecule has 1 unspecified atom stereocenters. The largest absolute Gasteiger partial charge is 0.395 e. The van der Waals surface area contributed by atoms with Crippen molar-refractivity contribution in [2.75, 3.05) is 6.61 Å². The van der Waals surface area contributed by atoms with Gasteiger partial charge in [0.05, 0.1) is 10.7 Å². The number of benzene rings is 1. The van der Waals surface area contributed by atoms with Crippen LogP contribution in [-0.2, 0) is 6.42 Å². The highest BCUT2D eigenvalue weighted by molar-refractivity contribution is 14.1. The third-order valence-corrected chi connectivity index (χ3v) is 2.37. The van der Waals surface area contributed by atoms with Gasteiger partial charge < -0.3 is 10.4 Å². The van der Waals surface area contributed by atoms with Crippen molar-refractivity contribution < 1.29 is 5.11 Å². The molecule has 0 spiro atoms. The highest BCUT2D eigenvalue weighted by Crippen LogP contribution is 2.05. The van der Waals surface area contributed by atoms with Crippen LogP contribution >= 0.6 is 22.6 Å². The van der Waals surface area contributed by atoms with E-state index in [9.17, 15) is 5.11 Å². The summed E-state index contributed by atoms with van der Waals surface area (Å²) in [6.07, 6.45) is 0.880. The first-order chi connectivity index (χ1) is 6.72. The van der Waals surface area contributed by atoms with Gasteiger partial charge >= 0.3 is 0 Å². The number of aliphatic hydroxyl groups is 1. The summed E-state index contributed by atoms with van der Waals surface area (Å²) in [6.45, 7) is 2.26. The van der Waals surface area contributed by atoms with Crippen molar-refractivity contribution in [3.05, 3.63) is 35.9 Å². The summed E-state index contributed by atoms with van der Waals surface area (Å²) >= 11 is 2.30. The normalized spacial score (nSPS) is 15.1. The average molecular weight is 305 g/mol. The molecule has 0 bridgehead atoms. The SMILES string of the molecule is CC(I)N[C@H](CO)Cc1ccccc1. The number of aliphatic hydroxyl groups excluding tert-OH is 1. The van der Waals surface area contributed by atoms with Crippen molar-refractivity contribution in [2.24, 2.45) is 0 Å². The van der Waals surface area contributed by atoms with Gasteiger partial charge in [0.15, 0.2) is 0 Å². The first-order valence-electron chi connectivity index (χ1n) is 4.77. The second kappa shape index (κ2) is 6.37. The molecule has 0 aromatic heterocycles. The van der Waals surface area contributed by atoms with Crippen LogP contribution in [0.5, 0.6) is 0 Å². The fraction of sp³-hybridized carbons (Fsp3) is 0.455. The molecule has 0 saturated carbocycles. The Morgan fingerprint density at radius 2 is 2.00 bits per heavy atom. The minimum atomic E-state index is 0.157. The zero-order chi connectivity index (χ0) is 10.4. The van der Waals surface area contributed by atoms with Gasteiger partial charge in [-0.2, -0.15) is 0 Å². The summed E-state index contributed by atoms with van der Waals surface area (Å²) in [6, 6.07) is 10.4. The van der Waals surface area contributed by atoms with Crippen LogP contribution in [0.25, 0.3) is 0 Å². The van der Waals surface area contributed by atoms with Gasteiger partial charge in [0.25, 0.3) is 0 Å². The number of rotatable bonds is 5. The molecule has 78 valence electrons. The van der Waals surface area contributed by atoms with E-state index in [1.807, 2.05) is 18.2 Å². The van der Waals surface area contributed by atoms with E-state index in [2.05, 4.69) is 47.0 Å². The number of nitrogens with one attached hydrogen (secondary N) is 1. The van der Waals surface area contributed by atoms with E-state index in [0.29, 0.717) is 4.05 Å². The zero-order valence-electron chi connectivity index (χ0n) is 8.28. The standard InChI is InChI=1S/C11H16INO/c1-9(12)13-11(8-14)7-10-5-3-2-4-6-10/h2-6,9,11,13-14H,7-8H2,1H3/t9?,11-/m0/s1. The quantitative estimate of drug-likeness (QED) is 0.495. The Morgan fingerprint density at radius 1 is 1.36 bits per heavy atom. The van der Waals surface area contributed by atoms with Crippen LogP contribution in [0.1, 0.15) is 12.5 Å². The van der Waals surface area contributed by atoms with E-state index in [4.69, 9.17) is 0 Å². The zero-order valence-corrected chi connectivity index (χ0v) is 10.4. The maximum Gasteiger partial charge on any atom is 0.0588 e. The van der Waals surface area contributed by atoms with Crippen LogP contribution in [0.2, 0.25) is 0 Å². The molecule has 0 aliphatic rings. The monoisotopic (exact) mass is 305 g/mol. The smallest absolute Gasteiger partial charge is 0.0588 e. The molecule has 2 atom stereocenters. The molecule has 1 aromatic carbocycles. The molecule has 0 aliphatic carbocycles. The van der Waals surface area contributed by atoms with Crippen LogP contribution in [0.15, 0.2) is 30.3 Å². The van der Waals surface area contributed by atoms with Gasteiger partial charge in [0.1, 0.15) is 0 Å². The number of hydrogen-bond donors (Lipinski definition) is 2. The lowest BCUT2D eigenvalue weighted by molar-refractivity contribution is 0.242. The molecule has 1 rings (SSSR count). The second-order valence-corrected chi connectivity index (χ2v) is 5.22. The van der Waals surface area contributed by atoms with Crippen molar-refractivity contribution in [2.45, 2.75) is 23.4 Å². The van der Waals surface area contributed by atoms with Crippen molar-refractivity contribution in [3.63, 3.8) is 0 Å². The van der Waals surface area contributed by atoms with Crippen LogP contribution < -0.4 is 5.32 Å². The van der Waals surface area contributed by atoms with Crippen LogP contribution in [0, 0.1) is 0 Å². The number of hydrogen-bond acceptors (Lipinski definition) is 2. The highest BCUT2D eigenvalue weighted by atomic mass is 127. The molecule has 0 radical (unpaired) electrons. The van der Waals surface area contributed by atoms with Gasteiger partial charge in [-0.15, -0.1) is 0 Å². The van der Waals surface area contributed by atoms with Crippen molar-refractivity contribution in [3.8, 4) is 0 Å². The van der Waals surface area contributed by atoms with E-state index < -0.39 is 0 Å². The summed E-state index contributed by atoms with van der Waals surface area (Å²) in [7, 11) is 0. The first kappa shape index (κ1) is 11.9. The Kier molecular flexibility index (Phi) is 5.44. The lowest BCUT2D eigenvalue weighted by atomic mass is 10.1. The van der Waals surface area contributed by atoms with Crippen LogP contribution in [0.4, 0.5) is 0 Å². The van der Waals surface area contributed by atoms with Gasteiger partial charge in [0, 0.05) is 6.04 Å². The molecule has 3 heteroatoms. The molecule has 1 aromatic rings. The summed E-state index contributed by atoms with van der Waals surface area (Å²) in [5.74, 6) is 0. The maximum absolute atomic E-state index is 9.17. The van der Waals surface area contributed by atoms with E-state index in [-0.39, 0.29) is 12.6 Å². The molecular formula is C11H16INO. The van der Waals surface area contributed by atoms with Crippen molar-refractivity contribution in [1.29, 1.82) is 0 Å². The highest BCUT2D eigenvalue weighted by Gasteiger charge is 2.09. The predicted molar refractivity (Wildman–Crippen MR) is 67.6 cm³/mol. The molecule has 0 aliphatic heterocycles. The minimum absolute atomic E-state index is 0.157. The van der Waals surface area contributed by atoms with Gasteiger partial charge in [-0.05, 0) is 18.9 Å². The molecule has 0 saturated heterocycles. The van der Waals surface area contributed by atoms with E-state index >= 15 is 0 Å². The van der Waals surface area contributed by atoms with E-state index in [1.54, 1.807) is 0 Å². The Hall–Kier alpha value is -0.130. The Morgan fingerprint density at radius 3 is 2.50 bits per heavy atom. The lowest BCUT2D eigenvalue weighted by Crippen LogP contribution is -2.37. The molecule has 0 fully saturated rings. The molecule has 2 nitrogen and oxygen atoms in total. The Balaban J connectivity index is 2.48. The molecular weight excluding hydrogens is 289 g/mol. The first-order valence-corrected chi connectivity index (χ1v) is 6.02. The van der Waals surface area contributed by atoms with Gasteiger partial charge in [-0.25, -0.2) is 0 Å². The number of alkyl halides is 1. The van der Waals surface area contributed by atoms with Gasteiger partial charge in [-0.3, -0.25) is 0 Å². The van der Waals surface area contributed by atoms with Crippen LogP contribution in [-0.4, -0.2) is 21.8 Å². The maximum atomic E-state index is 9.17. The second-order valence-electron chi connectivity index (χ2n) is 3.35. The number of halogens is 1. The fourth-order valence-corrected chi connectivity index (χ4v) is 1.91. The Bertz CT molecular complexity index is 251. The van der Waals surface area contributed by atoms with Crippen molar-refractivity contribution in [1.82, 2.24) is 5.32 Å². The Labute approximate surface area is 98.9 Å². The summed E-state index contributed by atoms with van der Waals surface area (Å²) in [4.78, 5) is 0. The van der Waals surface area contributed by atoms with Crippen LogP contribution in [0.3, 0.4) is 0 Å². The molecule has 2 N–H and O–H groups in total. The van der Waals surface area contributed by atoms with Crippen molar-refractivity contribution >= 4 is 22.6 Å². The van der Waals surface area contributed by atoms with E-state index in [0.717, 1.165) is 6.42 Å². The summed E-state index contributed by atoms with van der Waals surface area (Å²) < 4.78 is 0.383. The lowest BCUT2D eigenvalue weighted by Gasteiger charge is -2.18. The average Bonchev–Trinajstić information content (AvgIpc) is 2.17. The predicted octanol–water partition coefficient (Wildman–Crippen LogP) is 1.96. The molecule has 0 amide bonds. The minimum Gasteiger partial charge on any atom is -0.395 e. The van der Waals surface area contributed by atoms with E-state index in [1.165, 1.54) is 5.56 Å². The summed E-state index contributed by atoms with van der Waals surface area (Å²) in [5, 5.41) is 12.5. The topological polar surface area (TPSA) is 32.3 Å². The molecule has 0 heterocycles.